The van der Waals surface area contributed by atoms with Crippen molar-refractivity contribution in [3.05, 3.63) is 12.7 Å². The fourth-order valence-electron chi connectivity index (χ4n) is 1.96. The third-order valence-electron chi connectivity index (χ3n) is 3.14. The molecule has 2 rings (SSSR count). The minimum Gasteiger partial charge on any atom is -0.391 e. The molecule has 0 aliphatic carbocycles. The average Bonchev–Trinajstić information content (AvgIpc) is 2.83. The number of rotatable bonds is 6. The maximum atomic E-state index is 9.84. The van der Waals surface area contributed by atoms with E-state index in [2.05, 4.69) is 15.0 Å². The Hall–Kier alpha value is -1.81. The van der Waals surface area contributed by atoms with E-state index in [1.165, 1.54) is 26.5 Å². The van der Waals surface area contributed by atoms with Gasteiger partial charge in [0.1, 0.15) is 30.8 Å². The van der Waals surface area contributed by atoms with Crippen LogP contribution in [0, 0.1) is 0 Å². The summed E-state index contributed by atoms with van der Waals surface area (Å²) in [4.78, 5) is 12.0. The zero-order valence-electron chi connectivity index (χ0n) is 11.8. The molecule has 0 saturated carbocycles. The summed E-state index contributed by atoms with van der Waals surface area (Å²) in [7, 11) is 0. The molecule has 0 fully saturated rings. The summed E-state index contributed by atoms with van der Waals surface area (Å²) in [6.07, 6.45) is -1.34. The first-order valence-electron chi connectivity index (χ1n) is 6.49. The highest BCUT2D eigenvalue weighted by Crippen LogP contribution is 2.16. The maximum absolute atomic E-state index is 9.84. The predicted octanol–water partition coefficient (Wildman–Crippen LogP) is -1.13. The number of anilines is 1. The van der Waals surface area contributed by atoms with Gasteiger partial charge in [0, 0.05) is 0 Å². The molecule has 0 spiro atoms. The van der Waals surface area contributed by atoms with Crippen LogP contribution in [0.15, 0.2) is 12.7 Å². The zero-order valence-corrected chi connectivity index (χ0v) is 11.8. The topological polar surface area (TPSA) is 140 Å². The summed E-state index contributed by atoms with van der Waals surface area (Å²) in [6.45, 7) is 2.89. The second-order valence-corrected chi connectivity index (χ2v) is 4.88. The number of aliphatic hydroxyl groups is 3. The molecule has 5 N–H and O–H groups in total. The largest absolute Gasteiger partial charge is 0.391 e. The lowest BCUT2D eigenvalue weighted by Gasteiger charge is -2.27. The van der Waals surface area contributed by atoms with Gasteiger partial charge in [0.15, 0.2) is 11.5 Å². The van der Waals surface area contributed by atoms with Gasteiger partial charge in [-0.15, -0.1) is 0 Å². The summed E-state index contributed by atoms with van der Waals surface area (Å²) < 4.78 is 7.05. The molecule has 2 aromatic heterocycles. The standard InChI is InChI=1S/C12H19N5O4/c1-6(18)9(20)10(7(2)19)21-5-17-4-16-8-11(13)14-3-15-12(8)17/h3-4,6-7,9-10,18-20H,5H2,1-2H3,(H2,13,14,15). The first-order chi connectivity index (χ1) is 9.91. The third-order valence-corrected chi connectivity index (χ3v) is 3.14. The summed E-state index contributed by atoms with van der Waals surface area (Å²) in [5.74, 6) is 0.259. The number of aliphatic hydroxyl groups excluding tert-OH is 3. The lowest BCUT2D eigenvalue weighted by atomic mass is 10.1. The average molecular weight is 297 g/mol. The number of nitrogens with two attached hydrogens (primary N) is 1. The SMILES string of the molecule is CC(O)C(O)C(OCn1cnc2c(N)ncnc21)C(C)O. The highest BCUT2D eigenvalue weighted by Gasteiger charge is 2.28. The number of ether oxygens (including phenoxy) is 1. The second kappa shape index (κ2) is 6.31. The summed E-state index contributed by atoms with van der Waals surface area (Å²) in [5, 5.41) is 28.9. The van der Waals surface area contributed by atoms with Crippen molar-refractivity contribution < 1.29 is 20.1 Å². The monoisotopic (exact) mass is 297 g/mol. The van der Waals surface area contributed by atoms with Gasteiger partial charge in [0.2, 0.25) is 0 Å². The van der Waals surface area contributed by atoms with E-state index in [1.807, 2.05) is 0 Å². The van der Waals surface area contributed by atoms with Crippen molar-refractivity contribution in [3.63, 3.8) is 0 Å². The van der Waals surface area contributed by atoms with Crippen LogP contribution in [0.4, 0.5) is 5.82 Å². The van der Waals surface area contributed by atoms with Crippen LogP contribution in [-0.2, 0) is 11.5 Å². The molecule has 9 heteroatoms. The molecule has 2 aromatic rings. The highest BCUT2D eigenvalue weighted by atomic mass is 16.5. The molecule has 21 heavy (non-hydrogen) atoms. The van der Waals surface area contributed by atoms with Crippen LogP contribution in [0.2, 0.25) is 0 Å². The number of fused-ring (bicyclic) bond motifs is 1. The van der Waals surface area contributed by atoms with Crippen molar-refractivity contribution in [1.29, 1.82) is 0 Å². The van der Waals surface area contributed by atoms with Crippen LogP contribution in [0.5, 0.6) is 0 Å². The van der Waals surface area contributed by atoms with Crippen molar-refractivity contribution in [2.24, 2.45) is 0 Å². The third kappa shape index (κ3) is 3.27. The van der Waals surface area contributed by atoms with E-state index >= 15 is 0 Å². The van der Waals surface area contributed by atoms with Crippen LogP contribution in [-0.4, -0.2) is 59.3 Å². The Morgan fingerprint density at radius 2 is 1.90 bits per heavy atom. The van der Waals surface area contributed by atoms with Gasteiger partial charge in [-0.3, -0.25) is 4.57 Å². The fraction of sp³-hybridized carbons (Fsp3) is 0.583. The van der Waals surface area contributed by atoms with Crippen LogP contribution >= 0.6 is 0 Å². The molecule has 0 aromatic carbocycles. The van der Waals surface area contributed by atoms with E-state index in [1.54, 1.807) is 4.57 Å². The molecule has 116 valence electrons. The van der Waals surface area contributed by atoms with E-state index in [0.717, 1.165) is 0 Å². The summed E-state index contributed by atoms with van der Waals surface area (Å²) in [6, 6.07) is 0. The van der Waals surface area contributed by atoms with Crippen molar-refractivity contribution >= 4 is 17.0 Å². The predicted molar refractivity (Wildman–Crippen MR) is 74.0 cm³/mol. The van der Waals surface area contributed by atoms with E-state index < -0.39 is 24.4 Å². The van der Waals surface area contributed by atoms with Gasteiger partial charge >= 0.3 is 0 Å². The molecule has 0 aliphatic heterocycles. The fourth-order valence-corrected chi connectivity index (χ4v) is 1.96. The Morgan fingerprint density at radius 3 is 2.52 bits per heavy atom. The summed E-state index contributed by atoms with van der Waals surface area (Å²) >= 11 is 0. The normalized spacial score (nSPS) is 17.6. The molecular formula is C12H19N5O4. The number of nitrogens with zero attached hydrogens (tertiary/aromatic N) is 4. The Kier molecular flexibility index (Phi) is 4.68. The van der Waals surface area contributed by atoms with Gasteiger partial charge in [0.25, 0.3) is 0 Å². The van der Waals surface area contributed by atoms with Crippen LogP contribution in [0.1, 0.15) is 13.8 Å². The maximum Gasteiger partial charge on any atom is 0.167 e. The Balaban J connectivity index is 2.14. The van der Waals surface area contributed by atoms with Crippen molar-refractivity contribution in [2.75, 3.05) is 5.73 Å². The van der Waals surface area contributed by atoms with Crippen molar-refractivity contribution in [2.45, 2.75) is 45.0 Å². The van der Waals surface area contributed by atoms with Crippen molar-refractivity contribution in [1.82, 2.24) is 19.5 Å². The lowest BCUT2D eigenvalue weighted by molar-refractivity contribution is -0.141. The van der Waals surface area contributed by atoms with Gasteiger partial charge in [-0.25, -0.2) is 15.0 Å². The van der Waals surface area contributed by atoms with Gasteiger partial charge in [0.05, 0.1) is 18.5 Å². The van der Waals surface area contributed by atoms with Crippen LogP contribution < -0.4 is 5.73 Å². The zero-order chi connectivity index (χ0) is 15.6. The number of hydrogen-bond donors (Lipinski definition) is 4. The van der Waals surface area contributed by atoms with Gasteiger partial charge in [-0.1, -0.05) is 0 Å². The lowest BCUT2D eigenvalue weighted by Crippen LogP contribution is -2.44. The van der Waals surface area contributed by atoms with Crippen LogP contribution in [0.25, 0.3) is 11.2 Å². The smallest absolute Gasteiger partial charge is 0.167 e. The minimum absolute atomic E-state index is 0.00764. The van der Waals surface area contributed by atoms with E-state index in [4.69, 9.17) is 10.5 Å². The summed E-state index contributed by atoms with van der Waals surface area (Å²) in [5.41, 5.74) is 6.62. The number of nitrogen functional groups attached to an aromatic ring is 1. The first kappa shape index (κ1) is 15.6. The molecule has 0 amide bonds. The molecule has 4 unspecified atom stereocenters. The van der Waals surface area contributed by atoms with Crippen molar-refractivity contribution in [3.8, 4) is 0 Å². The molecule has 0 radical (unpaired) electrons. The number of imidazole rings is 1. The number of aromatic nitrogens is 4. The second-order valence-electron chi connectivity index (χ2n) is 4.88. The van der Waals surface area contributed by atoms with Gasteiger partial charge in [-0.2, -0.15) is 0 Å². The van der Waals surface area contributed by atoms with E-state index in [-0.39, 0.29) is 12.5 Å². The molecule has 0 aliphatic rings. The molecule has 2 heterocycles. The van der Waals surface area contributed by atoms with Crippen LogP contribution in [0.3, 0.4) is 0 Å². The van der Waals surface area contributed by atoms with E-state index in [9.17, 15) is 15.3 Å². The molecule has 9 nitrogen and oxygen atoms in total. The Bertz CT molecular complexity index is 600. The molecule has 0 saturated heterocycles. The molecule has 4 atom stereocenters. The highest BCUT2D eigenvalue weighted by molar-refractivity contribution is 5.80. The minimum atomic E-state index is -1.21. The Labute approximate surface area is 121 Å². The van der Waals surface area contributed by atoms with Gasteiger partial charge < -0.3 is 25.8 Å². The number of hydrogen-bond acceptors (Lipinski definition) is 8. The Morgan fingerprint density at radius 1 is 1.19 bits per heavy atom. The van der Waals surface area contributed by atoms with E-state index in [0.29, 0.717) is 11.2 Å². The first-order valence-corrected chi connectivity index (χ1v) is 6.49. The van der Waals surface area contributed by atoms with Gasteiger partial charge in [-0.05, 0) is 13.8 Å². The molecule has 0 bridgehead atoms. The quantitative estimate of drug-likeness (QED) is 0.525. The molecular weight excluding hydrogens is 278 g/mol.